The molecule has 0 atom stereocenters. The fourth-order valence-corrected chi connectivity index (χ4v) is 1.10. The number of rotatable bonds is 13. The Balaban J connectivity index is 6.25. The van der Waals surface area contributed by atoms with Crippen molar-refractivity contribution in [2.75, 3.05) is 0 Å². The summed E-state index contributed by atoms with van der Waals surface area (Å²) in [5, 5.41) is 0. The molecule has 0 saturated heterocycles. The molecule has 0 N–H and O–H groups in total. The van der Waals surface area contributed by atoms with Crippen molar-refractivity contribution < 1.29 is 89.2 Å². The highest BCUT2D eigenvalue weighted by Crippen LogP contribution is 2.38. The third kappa shape index (κ3) is 8.10. The van der Waals surface area contributed by atoms with Gasteiger partial charge in [-0.05, 0) is 0 Å². The Labute approximate surface area is 153 Å². The van der Waals surface area contributed by atoms with Crippen molar-refractivity contribution in [2.24, 2.45) is 0 Å². The number of hydrogen-bond acceptors (Lipinski definition) is 4. The molecule has 20 heteroatoms. The maximum absolute atomic E-state index is 12.8. The van der Waals surface area contributed by atoms with Crippen LogP contribution >= 0.6 is 0 Å². The molecule has 0 spiro atoms. The third-order valence-corrected chi connectivity index (χ3v) is 2.33. The summed E-state index contributed by atoms with van der Waals surface area (Å²) in [6.45, 7) is 0. The van der Waals surface area contributed by atoms with Crippen LogP contribution in [0.1, 0.15) is 0 Å². The van der Waals surface area contributed by atoms with E-state index in [-0.39, 0.29) is 0 Å². The molecule has 0 rings (SSSR count). The van der Waals surface area contributed by atoms with Crippen molar-refractivity contribution in [2.45, 2.75) is 62.7 Å². The van der Waals surface area contributed by atoms with Crippen LogP contribution < -0.4 is 0 Å². The van der Waals surface area contributed by atoms with E-state index in [2.05, 4.69) is 18.9 Å². The van der Waals surface area contributed by atoms with Gasteiger partial charge in [0.2, 0.25) is 12.6 Å². The van der Waals surface area contributed by atoms with Crippen LogP contribution in [0.3, 0.4) is 0 Å². The smallest absolute Gasteiger partial charge is 0.280 e. The first-order chi connectivity index (χ1) is 13.2. The number of hydrogen-bond donors (Lipinski definition) is 0. The summed E-state index contributed by atoms with van der Waals surface area (Å²) in [5.74, 6) is 0. The van der Waals surface area contributed by atoms with Gasteiger partial charge in [0.05, 0.1) is 0 Å². The topological polar surface area (TPSA) is 36.9 Å². The Morgan fingerprint density at radius 1 is 0.333 bits per heavy atom. The summed E-state index contributed by atoms with van der Waals surface area (Å²) < 4.78 is 210. The Morgan fingerprint density at radius 2 is 0.467 bits per heavy atom. The van der Waals surface area contributed by atoms with Gasteiger partial charge in [0.1, 0.15) is 0 Å². The van der Waals surface area contributed by atoms with E-state index < -0.39 is 62.7 Å². The second kappa shape index (κ2) is 9.90. The zero-order valence-electron chi connectivity index (χ0n) is 13.1. The van der Waals surface area contributed by atoms with E-state index in [1.807, 2.05) is 0 Å². The van der Waals surface area contributed by atoms with E-state index in [0.717, 1.165) is 0 Å². The van der Waals surface area contributed by atoms with E-state index in [1.54, 1.807) is 0 Å². The van der Waals surface area contributed by atoms with Crippen molar-refractivity contribution in [3.63, 3.8) is 0 Å². The van der Waals surface area contributed by atoms with Gasteiger partial charge in [0.25, 0.3) is 0 Å². The molecule has 0 aromatic carbocycles. The molecule has 0 aliphatic carbocycles. The van der Waals surface area contributed by atoms with Crippen molar-refractivity contribution in [1.82, 2.24) is 0 Å². The third-order valence-electron chi connectivity index (χ3n) is 2.33. The van der Waals surface area contributed by atoms with Gasteiger partial charge in [-0.25, -0.2) is 35.1 Å². The monoisotopic (exact) mass is 494 g/mol. The number of halogens is 16. The molecule has 0 bridgehead atoms. The quantitative estimate of drug-likeness (QED) is 0.263. The number of alkyl halides is 16. The van der Waals surface area contributed by atoms with Gasteiger partial charge >= 0.3 is 50.1 Å². The SMILES string of the molecule is FC(F)C(F)(F)OC(OC(F)(F)C(F)F)C(OC(F)(F)C(F)F)OC(F)(F)C(F)F. The van der Waals surface area contributed by atoms with E-state index in [4.69, 9.17) is 0 Å². The molecule has 0 amide bonds. The summed E-state index contributed by atoms with van der Waals surface area (Å²) in [6, 6.07) is 0. The second-order valence-electron chi connectivity index (χ2n) is 4.66. The minimum absolute atomic E-state index is 2.57. The van der Waals surface area contributed by atoms with E-state index in [0.29, 0.717) is 0 Å². The molecule has 182 valence electrons. The summed E-state index contributed by atoms with van der Waals surface area (Å²) in [7, 11) is 0. The van der Waals surface area contributed by atoms with Crippen LogP contribution in [0, 0.1) is 0 Å². The van der Waals surface area contributed by atoms with Crippen molar-refractivity contribution >= 4 is 0 Å². The van der Waals surface area contributed by atoms with Crippen LogP contribution in [0.4, 0.5) is 70.2 Å². The zero-order valence-corrected chi connectivity index (χ0v) is 13.1. The predicted octanol–water partition coefficient (Wildman–Crippen LogP) is 5.14. The van der Waals surface area contributed by atoms with Gasteiger partial charge in [-0.2, -0.15) is 35.1 Å². The summed E-state index contributed by atoms with van der Waals surface area (Å²) >= 11 is 0. The molecule has 4 nitrogen and oxygen atoms in total. The highest BCUT2D eigenvalue weighted by atomic mass is 19.3. The molecule has 0 aromatic heterocycles. The van der Waals surface area contributed by atoms with Crippen molar-refractivity contribution in [3.8, 4) is 0 Å². The van der Waals surface area contributed by atoms with E-state index >= 15 is 0 Å². The van der Waals surface area contributed by atoms with Gasteiger partial charge in [-0.1, -0.05) is 0 Å². The maximum atomic E-state index is 12.8. The fraction of sp³-hybridized carbons (Fsp3) is 1.00. The summed E-state index contributed by atoms with van der Waals surface area (Å²) in [4.78, 5) is 0. The molecule has 0 aliphatic heterocycles. The lowest BCUT2D eigenvalue weighted by Crippen LogP contribution is -2.53. The van der Waals surface area contributed by atoms with Crippen LogP contribution in [-0.4, -0.2) is 62.7 Å². The molecule has 30 heavy (non-hydrogen) atoms. The first kappa shape index (κ1) is 28.7. The predicted molar refractivity (Wildman–Crippen MR) is 55.7 cm³/mol. The Kier molecular flexibility index (Phi) is 9.47. The minimum atomic E-state index is -6.17. The van der Waals surface area contributed by atoms with Crippen LogP contribution in [0.25, 0.3) is 0 Å². The highest BCUT2D eigenvalue weighted by molar-refractivity contribution is 4.70. The van der Waals surface area contributed by atoms with Gasteiger partial charge in [0.15, 0.2) is 0 Å². The maximum Gasteiger partial charge on any atom is 0.418 e. The van der Waals surface area contributed by atoms with Gasteiger partial charge in [-0.3, -0.25) is 18.9 Å². The largest absolute Gasteiger partial charge is 0.418 e. The van der Waals surface area contributed by atoms with Crippen molar-refractivity contribution in [3.05, 3.63) is 0 Å². The first-order valence-corrected chi connectivity index (χ1v) is 6.50. The Bertz CT molecular complexity index is 436. The lowest BCUT2D eigenvalue weighted by atomic mass is 10.5. The molecule has 0 heterocycles. The Morgan fingerprint density at radius 3 is 0.567 bits per heavy atom. The number of ether oxygens (including phenoxy) is 4. The standard InChI is InChI=1S/C10H6F16O4/c11-3(12)7(19,20)27-1(28-8(21,22)4(13)14)2(29-9(23,24)5(15)16)30-10(25,26)6(17)18/h1-6H. The molecular weight excluding hydrogens is 488 g/mol. The molecule has 0 fully saturated rings. The van der Waals surface area contributed by atoms with Gasteiger partial charge in [0, 0.05) is 0 Å². The molecule has 0 aliphatic rings. The molecule has 0 saturated carbocycles. The van der Waals surface area contributed by atoms with Crippen LogP contribution in [0.2, 0.25) is 0 Å². The molecule has 0 aromatic rings. The second-order valence-corrected chi connectivity index (χ2v) is 4.66. The summed E-state index contributed by atoms with van der Waals surface area (Å²) in [5.41, 5.74) is 0. The average Bonchev–Trinajstić information content (AvgIpc) is 2.52. The molecule has 0 unspecified atom stereocenters. The van der Waals surface area contributed by atoms with Gasteiger partial charge in [-0.15, -0.1) is 0 Å². The highest BCUT2D eigenvalue weighted by Gasteiger charge is 2.58. The normalized spacial score (nSPS) is 15.0. The van der Waals surface area contributed by atoms with Crippen LogP contribution in [0.15, 0.2) is 0 Å². The minimum Gasteiger partial charge on any atom is -0.280 e. The zero-order chi connectivity index (χ0) is 24.3. The first-order valence-electron chi connectivity index (χ1n) is 6.50. The molecular formula is C10H6F16O4. The van der Waals surface area contributed by atoms with Crippen molar-refractivity contribution in [1.29, 1.82) is 0 Å². The average molecular weight is 494 g/mol. The Hall–Kier alpha value is -1.28. The lowest BCUT2D eigenvalue weighted by molar-refractivity contribution is -0.493. The van der Waals surface area contributed by atoms with Crippen LogP contribution in [0.5, 0.6) is 0 Å². The lowest BCUT2D eigenvalue weighted by Gasteiger charge is -2.34. The van der Waals surface area contributed by atoms with Gasteiger partial charge < -0.3 is 0 Å². The fourth-order valence-electron chi connectivity index (χ4n) is 1.10. The summed E-state index contributed by atoms with van der Waals surface area (Å²) in [6.07, 6.45) is -54.7. The van der Waals surface area contributed by atoms with Crippen LogP contribution in [-0.2, 0) is 18.9 Å². The molecule has 0 radical (unpaired) electrons. The van der Waals surface area contributed by atoms with E-state index in [1.165, 1.54) is 0 Å². The van der Waals surface area contributed by atoms with E-state index in [9.17, 15) is 70.2 Å².